The molecule has 0 aromatic carbocycles. The minimum absolute atomic E-state index is 0.273. The van der Waals surface area contributed by atoms with E-state index in [1.165, 1.54) is 0 Å². The molecule has 1 fully saturated rings. The second kappa shape index (κ2) is 6.36. The Labute approximate surface area is 119 Å². The quantitative estimate of drug-likeness (QED) is 0.863. The number of anilines is 2. The van der Waals surface area contributed by atoms with Crippen LogP contribution in [0.2, 0.25) is 5.02 Å². The van der Waals surface area contributed by atoms with Gasteiger partial charge < -0.3 is 15.5 Å². The number of piperazine rings is 1. The van der Waals surface area contributed by atoms with Gasteiger partial charge in [-0.1, -0.05) is 11.6 Å². The van der Waals surface area contributed by atoms with Crippen LogP contribution in [-0.4, -0.2) is 73.1 Å². The van der Waals surface area contributed by atoms with Crippen molar-refractivity contribution in [2.45, 2.75) is 0 Å². The van der Waals surface area contributed by atoms with Crippen LogP contribution in [-0.2, 0) is 0 Å². The number of hydrogen-bond donors (Lipinski definition) is 1. The second-order valence-corrected chi connectivity index (χ2v) is 5.44. The van der Waals surface area contributed by atoms with Crippen molar-refractivity contribution in [2.75, 3.05) is 64.0 Å². The first-order valence-corrected chi connectivity index (χ1v) is 6.84. The largest absolute Gasteiger partial charge is 0.368 e. The number of halogens is 1. The van der Waals surface area contributed by atoms with Crippen molar-refractivity contribution in [3.63, 3.8) is 0 Å². The number of hydrogen-bond acceptors (Lipinski definition) is 6. The smallest absolute Gasteiger partial charge is 0.222 e. The van der Waals surface area contributed by atoms with Crippen molar-refractivity contribution < 1.29 is 0 Å². The highest BCUT2D eigenvalue weighted by Gasteiger charge is 2.20. The van der Waals surface area contributed by atoms with Crippen molar-refractivity contribution >= 4 is 23.4 Å². The summed E-state index contributed by atoms with van der Waals surface area (Å²) in [4.78, 5) is 14.9. The number of likely N-dealkylation sites (N-methyl/N-ethyl adjacent to an activating group) is 1. The molecule has 1 saturated heterocycles. The van der Waals surface area contributed by atoms with Crippen LogP contribution in [0.1, 0.15) is 0 Å². The van der Waals surface area contributed by atoms with E-state index in [-0.39, 0.29) is 5.95 Å². The number of nitrogens with two attached hydrogens (primary N) is 1. The minimum atomic E-state index is 0.273. The molecule has 0 unspecified atom stereocenters. The Hall–Kier alpha value is -1.11. The SMILES string of the molecule is CN(C)CCN1CCN(c2nc(N)ncc2Cl)CC1. The molecule has 1 aliphatic heterocycles. The highest BCUT2D eigenvalue weighted by atomic mass is 35.5. The highest BCUT2D eigenvalue weighted by Crippen LogP contribution is 2.23. The third kappa shape index (κ3) is 3.92. The lowest BCUT2D eigenvalue weighted by atomic mass is 10.3. The normalized spacial score (nSPS) is 17.2. The summed E-state index contributed by atoms with van der Waals surface area (Å²) < 4.78 is 0. The predicted octanol–water partition coefficient (Wildman–Crippen LogP) is 0.396. The Bertz CT molecular complexity index is 417. The van der Waals surface area contributed by atoms with Gasteiger partial charge in [-0.15, -0.1) is 0 Å². The fraction of sp³-hybridized carbons (Fsp3) is 0.667. The summed E-state index contributed by atoms with van der Waals surface area (Å²) in [6.07, 6.45) is 1.57. The molecule has 2 heterocycles. The zero-order valence-corrected chi connectivity index (χ0v) is 12.3. The van der Waals surface area contributed by atoms with E-state index in [4.69, 9.17) is 17.3 Å². The first-order chi connectivity index (χ1) is 9.06. The van der Waals surface area contributed by atoms with Gasteiger partial charge in [0.15, 0.2) is 5.82 Å². The Kier molecular flexibility index (Phi) is 4.79. The monoisotopic (exact) mass is 284 g/mol. The molecular weight excluding hydrogens is 264 g/mol. The first-order valence-electron chi connectivity index (χ1n) is 6.46. The van der Waals surface area contributed by atoms with Gasteiger partial charge in [0.05, 0.1) is 6.20 Å². The average Bonchev–Trinajstić information content (AvgIpc) is 2.40. The average molecular weight is 285 g/mol. The fourth-order valence-corrected chi connectivity index (χ4v) is 2.33. The maximum Gasteiger partial charge on any atom is 0.222 e. The number of aromatic nitrogens is 2. The molecule has 0 spiro atoms. The van der Waals surface area contributed by atoms with E-state index >= 15 is 0 Å². The lowest BCUT2D eigenvalue weighted by Gasteiger charge is -2.36. The summed E-state index contributed by atoms with van der Waals surface area (Å²) >= 11 is 6.13. The van der Waals surface area contributed by atoms with Crippen molar-refractivity contribution in [3.05, 3.63) is 11.2 Å². The lowest BCUT2D eigenvalue weighted by molar-refractivity contribution is 0.229. The van der Waals surface area contributed by atoms with Crippen LogP contribution in [0.15, 0.2) is 6.20 Å². The Morgan fingerprint density at radius 1 is 1.32 bits per heavy atom. The molecule has 7 heteroatoms. The molecule has 6 nitrogen and oxygen atoms in total. The maximum absolute atomic E-state index is 6.13. The van der Waals surface area contributed by atoms with E-state index in [9.17, 15) is 0 Å². The standard InChI is InChI=1S/C12H21ClN6/c1-17(2)3-4-18-5-7-19(8-6-18)11-10(13)9-15-12(14)16-11/h9H,3-8H2,1-2H3,(H2,14,15,16). The van der Waals surface area contributed by atoms with Gasteiger partial charge >= 0.3 is 0 Å². The number of nitrogen functional groups attached to an aromatic ring is 1. The van der Waals surface area contributed by atoms with Crippen molar-refractivity contribution in [1.29, 1.82) is 0 Å². The molecule has 106 valence electrons. The van der Waals surface area contributed by atoms with Crippen molar-refractivity contribution in [2.24, 2.45) is 0 Å². The summed E-state index contributed by atoms with van der Waals surface area (Å²) in [5.41, 5.74) is 5.62. The van der Waals surface area contributed by atoms with Gasteiger partial charge in [0.2, 0.25) is 5.95 Å². The molecule has 2 N–H and O–H groups in total. The molecular formula is C12H21ClN6. The van der Waals surface area contributed by atoms with Crippen LogP contribution in [0.25, 0.3) is 0 Å². The zero-order chi connectivity index (χ0) is 13.8. The topological polar surface area (TPSA) is 61.5 Å². The molecule has 1 aromatic heterocycles. The van der Waals surface area contributed by atoms with E-state index in [1.54, 1.807) is 6.20 Å². The minimum Gasteiger partial charge on any atom is -0.368 e. The molecule has 1 aliphatic rings. The van der Waals surface area contributed by atoms with E-state index in [1.807, 2.05) is 0 Å². The summed E-state index contributed by atoms with van der Waals surface area (Å²) in [6.45, 7) is 6.07. The van der Waals surface area contributed by atoms with Gasteiger partial charge in [0.25, 0.3) is 0 Å². The summed E-state index contributed by atoms with van der Waals surface area (Å²) in [5.74, 6) is 1.02. The first kappa shape index (κ1) is 14.3. The fourth-order valence-electron chi connectivity index (χ4n) is 2.12. The molecule has 0 radical (unpaired) electrons. The summed E-state index contributed by atoms with van der Waals surface area (Å²) in [7, 11) is 4.19. The Morgan fingerprint density at radius 2 is 2.00 bits per heavy atom. The molecule has 0 atom stereocenters. The van der Waals surface area contributed by atoms with Crippen molar-refractivity contribution in [1.82, 2.24) is 19.8 Å². The van der Waals surface area contributed by atoms with Crippen LogP contribution < -0.4 is 10.6 Å². The van der Waals surface area contributed by atoms with Gasteiger partial charge in [-0.2, -0.15) is 4.98 Å². The zero-order valence-electron chi connectivity index (χ0n) is 11.5. The van der Waals surface area contributed by atoms with Gasteiger partial charge in [-0.25, -0.2) is 4.98 Å². The van der Waals surface area contributed by atoms with Crippen LogP contribution in [0, 0.1) is 0 Å². The third-order valence-electron chi connectivity index (χ3n) is 3.28. The summed E-state index contributed by atoms with van der Waals surface area (Å²) in [5, 5.41) is 0.566. The van der Waals surface area contributed by atoms with E-state index < -0.39 is 0 Å². The maximum atomic E-state index is 6.13. The third-order valence-corrected chi connectivity index (χ3v) is 3.55. The van der Waals surface area contributed by atoms with Crippen LogP contribution in [0.5, 0.6) is 0 Å². The lowest BCUT2D eigenvalue weighted by Crippen LogP contribution is -2.48. The van der Waals surface area contributed by atoms with Gasteiger partial charge in [0.1, 0.15) is 5.02 Å². The van der Waals surface area contributed by atoms with Crippen LogP contribution >= 0.6 is 11.6 Å². The molecule has 1 aromatic rings. The number of nitrogens with zero attached hydrogens (tertiary/aromatic N) is 5. The molecule has 2 rings (SSSR count). The molecule has 19 heavy (non-hydrogen) atoms. The van der Waals surface area contributed by atoms with Crippen LogP contribution in [0.4, 0.5) is 11.8 Å². The predicted molar refractivity (Wildman–Crippen MR) is 78.7 cm³/mol. The van der Waals surface area contributed by atoms with Gasteiger partial charge in [-0.3, -0.25) is 4.90 Å². The highest BCUT2D eigenvalue weighted by molar-refractivity contribution is 6.32. The van der Waals surface area contributed by atoms with E-state index in [2.05, 4.69) is 38.8 Å². The van der Waals surface area contributed by atoms with E-state index in [0.29, 0.717) is 5.02 Å². The second-order valence-electron chi connectivity index (χ2n) is 5.03. The van der Waals surface area contributed by atoms with Crippen molar-refractivity contribution in [3.8, 4) is 0 Å². The van der Waals surface area contributed by atoms with Gasteiger partial charge in [0, 0.05) is 39.3 Å². The molecule has 0 bridgehead atoms. The van der Waals surface area contributed by atoms with Gasteiger partial charge in [-0.05, 0) is 14.1 Å². The van der Waals surface area contributed by atoms with Crippen LogP contribution in [0.3, 0.4) is 0 Å². The summed E-state index contributed by atoms with van der Waals surface area (Å²) in [6, 6.07) is 0. The Morgan fingerprint density at radius 3 is 2.63 bits per heavy atom. The Balaban J connectivity index is 1.90. The molecule has 0 saturated carbocycles. The van der Waals surface area contributed by atoms with E-state index in [0.717, 1.165) is 45.1 Å². The molecule has 0 amide bonds. The molecule has 0 aliphatic carbocycles. The number of rotatable bonds is 4.